The van der Waals surface area contributed by atoms with E-state index in [9.17, 15) is 4.79 Å². The number of rotatable bonds is 3. The van der Waals surface area contributed by atoms with Crippen molar-refractivity contribution in [2.45, 2.75) is 26.2 Å². The summed E-state index contributed by atoms with van der Waals surface area (Å²) in [5, 5.41) is 5.23. The van der Waals surface area contributed by atoms with Crippen molar-refractivity contribution in [1.29, 1.82) is 0 Å². The number of benzene rings is 1. The van der Waals surface area contributed by atoms with Crippen LogP contribution in [0.3, 0.4) is 0 Å². The van der Waals surface area contributed by atoms with E-state index in [1.54, 1.807) is 12.1 Å². The summed E-state index contributed by atoms with van der Waals surface area (Å²) in [7, 11) is 0. The number of hydrogen-bond acceptors (Lipinski definition) is 4. The van der Waals surface area contributed by atoms with E-state index in [0.29, 0.717) is 9.80 Å². The minimum atomic E-state index is -0.315. The number of amides is 1. The lowest BCUT2D eigenvalue weighted by Gasteiger charge is -2.18. The normalized spacial score (nSPS) is 11.5. The molecule has 1 aromatic carbocycles. The lowest BCUT2D eigenvalue weighted by molar-refractivity contribution is 0.0995. The molecule has 4 nitrogen and oxygen atoms in total. The highest BCUT2D eigenvalue weighted by molar-refractivity contribution is 9.10. The number of nitrogens with one attached hydrogen (secondary N) is 1. The first-order chi connectivity index (χ1) is 11.3. The predicted octanol–water partition coefficient (Wildman–Crippen LogP) is 5.72. The van der Waals surface area contributed by atoms with Crippen LogP contribution < -0.4 is 5.32 Å². The Labute approximate surface area is 153 Å². The fraction of sp³-hybridized carbons (Fsp3) is 0.222. The van der Waals surface area contributed by atoms with Crippen molar-refractivity contribution in [2.24, 2.45) is 0 Å². The van der Waals surface area contributed by atoms with Gasteiger partial charge in [0.15, 0.2) is 15.6 Å². The van der Waals surface area contributed by atoms with E-state index in [4.69, 9.17) is 4.42 Å². The molecule has 0 fully saturated rings. The molecule has 3 aromatic rings. The lowest BCUT2D eigenvalue weighted by Crippen LogP contribution is -2.10. The smallest absolute Gasteiger partial charge is 0.293 e. The molecule has 6 heteroatoms. The molecule has 24 heavy (non-hydrogen) atoms. The summed E-state index contributed by atoms with van der Waals surface area (Å²) < 4.78 is 5.76. The summed E-state index contributed by atoms with van der Waals surface area (Å²) in [5.74, 6) is -0.0714. The first kappa shape index (κ1) is 16.9. The molecule has 0 bridgehead atoms. The highest BCUT2D eigenvalue weighted by atomic mass is 79.9. The average molecular weight is 405 g/mol. The van der Waals surface area contributed by atoms with Crippen molar-refractivity contribution in [2.75, 3.05) is 5.32 Å². The zero-order valence-corrected chi connectivity index (χ0v) is 16.0. The number of nitrogens with zero attached hydrogens (tertiary/aromatic N) is 1. The Morgan fingerprint density at radius 2 is 1.88 bits per heavy atom. The van der Waals surface area contributed by atoms with Crippen molar-refractivity contribution < 1.29 is 9.21 Å². The minimum absolute atomic E-state index is 0.122. The Hall–Kier alpha value is -1.92. The van der Waals surface area contributed by atoms with Crippen LogP contribution in [-0.4, -0.2) is 10.9 Å². The third-order valence-corrected chi connectivity index (χ3v) is 4.75. The second-order valence-electron chi connectivity index (χ2n) is 6.42. The number of hydrogen-bond donors (Lipinski definition) is 1. The maximum absolute atomic E-state index is 12.1. The molecule has 2 aromatic heterocycles. The largest absolute Gasteiger partial charge is 0.444 e. The van der Waals surface area contributed by atoms with Gasteiger partial charge in [0, 0.05) is 10.9 Å². The molecule has 0 saturated heterocycles. The molecule has 124 valence electrons. The van der Waals surface area contributed by atoms with E-state index >= 15 is 0 Å². The quantitative estimate of drug-likeness (QED) is 0.607. The number of carbonyl (C=O) groups excluding carboxylic acids is 1. The number of aromatic nitrogens is 1. The number of furan rings is 1. The fourth-order valence-corrected chi connectivity index (χ4v) is 3.22. The van der Waals surface area contributed by atoms with Crippen molar-refractivity contribution >= 4 is 38.3 Å². The molecular weight excluding hydrogens is 388 g/mol. The topological polar surface area (TPSA) is 55.1 Å². The molecule has 0 unspecified atom stereocenters. The highest BCUT2D eigenvalue weighted by Gasteiger charge is 2.15. The summed E-state index contributed by atoms with van der Waals surface area (Å²) >= 11 is 4.57. The van der Waals surface area contributed by atoms with Crippen LogP contribution in [0.4, 0.5) is 5.13 Å². The summed E-state index contributed by atoms with van der Waals surface area (Å²) in [6.45, 7) is 6.56. The molecule has 0 aliphatic heterocycles. The van der Waals surface area contributed by atoms with Gasteiger partial charge in [-0.3, -0.25) is 10.1 Å². The Morgan fingerprint density at radius 1 is 1.17 bits per heavy atom. The fourth-order valence-electron chi connectivity index (χ4n) is 2.20. The number of thiazole rings is 1. The van der Waals surface area contributed by atoms with Crippen molar-refractivity contribution in [1.82, 2.24) is 4.98 Å². The van der Waals surface area contributed by atoms with Crippen LogP contribution in [-0.2, 0) is 5.41 Å². The zero-order valence-electron chi connectivity index (χ0n) is 13.6. The number of anilines is 1. The van der Waals surface area contributed by atoms with Gasteiger partial charge in [0.25, 0.3) is 5.91 Å². The van der Waals surface area contributed by atoms with Gasteiger partial charge < -0.3 is 4.42 Å². The first-order valence-electron chi connectivity index (χ1n) is 7.46. The van der Waals surface area contributed by atoms with E-state index in [1.165, 1.54) is 16.9 Å². The summed E-state index contributed by atoms with van der Waals surface area (Å²) in [6, 6.07) is 11.6. The molecule has 0 atom stereocenters. The van der Waals surface area contributed by atoms with E-state index in [2.05, 4.69) is 71.3 Å². The van der Waals surface area contributed by atoms with Crippen LogP contribution in [0.1, 0.15) is 36.9 Å². The highest BCUT2D eigenvalue weighted by Crippen LogP contribution is 2.28. The Balaban J connectivity index is 1.74. The van der Waals surface area contributed by atoms with E-state index in [1.807, 2.05) is 5.38 Å². The second-order valence-corrected chi connectivity index (χ2v) is 8.06. The van der Waals surface area contributed by atoms with E-state index < -0.39 is 0 Å². The van der Waals surface area contributed by atoms with Gasteiger partial charge in [0.1, 0.15) is 0 Å². The number of carbonyl (C=O) groups is 1. The summed E-state index contributed by atoms with van der Waals surface area (Å²) in [4.78, 5) is 16.5. The van der Waals surface area contributed by atoms with Gasteiger partial charge in [-0.15, -0.1) is 11.3 Å². The van der Waals surface area contributed by atoms with Crippen LogP contribution >= 0.6 is 27.3 Å². The van der Waals surface area contributed by atoms with Crippen LogP contribution in [0.2, 0.25) is 0 Å². The molecular formula is C18H17BrN2O2S. The van der Waals surface area contributed by atoms with Crippen molar-refractivity contribution in [3.8, 4) is 11.3 Å². The van der Waals surface area contributed by atoms with Gasteiger partial charge in [0.05, 0.1) is 5.69 Å². The average Bonchev–Trinajstić information content (AvgIpc) is 3.16. The molecule has 0 radical (unpaired) electrons. The molecule has 1 N–H and O–H groups in total. The molecule has 3 rings (SSSR count). The summed E-state index contributed by atoms with van der Waals surface area (Å²) in [5.41, 5.74) is 3.27. The second kappa shape index (κ2) is 6.53. The molecule has 0 aliphatic rings. The molecule has 0 aliphatic carbocycles. The Kier molecular flexibility index (Phi) is 4.60. The monoisotopic (exact) mass is 404 g/mol. The molecule has 2 heterocycles. The maximum Gasteiger partial charge on any atom is 0.293 e. The third-order valence-electron chi connectivity index (χ3n) is 3.57. The Bertz CT molecular complexity index is 860. The SMILES string of the molecule is CC(C)(C)c1ccc(-c2csc(NC(=O)c3ccc(Br)o3)n2)cc1. The van der Waals surface area contributed by atoms with Crippen LogP contribution in [0.15, 0.2) is 50.9 Å². The van der Waals surface area contributed by atoms with Crippen molar-refractivity contribution in [3.05, 3.63) is 57.8 Å². The molecule has 0 spiro atoms. The lowest BCUT2D eigenvalue weighted by atomic mass is 9.86. The maximum atomic E-state index is 12.1. The zero-order chi connectivity index (χ0) is 17.3. The van der Waals surface area contributed by atoms with Crippen molar-refractivity contribution in [3.63, 3.8) is 0 Å². The first-order valence-corrected chi connectivity index (χ1v) is 9.13. The third kappa shape index (κ3) is 3.76. The van der Waals surface area contributed by atoms with E-state index in [-0.39, 0.29) is 17.1 Å². The van der Waals surface area contributed by atoms with Gasteiger partial charge in [-0.25, -0.2) is 4.98 Å². The number of halogens is 1. The summed E-state index contributed by atoms with van der Waals surface area (Å²) in [6.07, 6.45) is 0. The van der Waals surface area contributed by atoms with Gasteiger partial charge in [-0.2, -0.15) is 0 Å². The van der Waals surface area contributed by atoms with E-state index in [0.717, 1.165) is 11.3 Å². The molecule has 1 amide bonds. The van der Waals surface area contributed by atoms with Gasteiger partial charge in [-0.05, 0) is 39.0 Å². The van der Waals surface area contributed by atoms with Crippen LogP contribution in [0, 0.1) is 0 Å². The Morgan fingerprint density at radius 3 is 2.46 bits per heavy atom. The van der Waals surface area contributed by atoms with Crippen LogP contribution in [0.25, 0.3) is 11.3 Å². The van der Waals surface area contributed by atoms with Gasteiger partial charge in [-0.1, -0.05) is 45.0 Å². The van der Waals surface area contributed by atoms with Crippen LogP contribution in [0.5, 0.6) is 0 Å². The van der Waals surface area contributed by atoms with Gasteiger partial charge >= 0.3 is 0 Å². The minimum Gasteiger partial charge on any atom is -0.444 e. The molecule has 0 saturated carbocycles. The van der Waals surface area contributed by atoms with Gasteiger partial charge in [0.2, 0.25) is 0 Å². The standard InChI is InChI=1S/C18H17BrN2O2S/c1-18(2,3)12-6-4-11(5-7-12)13-10-24-17(20-13)21-16(22)14-8-9-15(19)23-14/h4-10H,1-3H3,(H,20,21,22). The predicted molar refractivity (Wildman–Crippen MR) is 101 cm³/mol.